The summed E-state index contributed by atoms with van der Waals surface area (Å²) in [6.45, 7) is 4.59. The lowest BCUT2D eigenvalue weighted by Crippen LogP contribution is -2.42. The maximum absolute atomic E-state index is 11.3. The zero-order valence-corrected chi connectivity index (χ0v) is 12.5. The van der Waals surface area contributed by atoms with Crippen LogP contribution in [0.25, 0.3) is 0 Å². The van der Waals surface area contributed by atoms with Gasteiger partial charge in [-0.05, 0) is 37.7 Å². The second kappa shape index (κ2) is 6.09. The molecule has 20 heavy (non-hydrogen) atoms. The van der Waals surface area contributed by atoms with Gasteiger partial charge >= 0.3 is 0 Å². The summed E-state index contributed by atoms with van der Waals surface area (Å²) in [5, 5.41) is 5.12. The molecule has 1 unspecified atom stereocenters. The molecule has 2 N–H and O–H groups in total. The summed E-state index contributed by atoms with van der Waals surface area (Å²) in [5.74, 6) is 0.617. The average molecular weight is 300 g/mol. The lowest BCUT2D eigenvalue weighted by molar-refractivity contribution is -0.0403. The van der Waals surface area contributed by atoms with Gasteiger partial charge in [0.1, 0.15) is 18.5 Å². The molecule has 0 amide bonds. The van der Waals surface area contributed by atoms with E-state index < -0.39 is 10.0 Å². The van der Waals surface area contributed by atoms with Crippen LogP contribution in [-0.4, -0.2) is 52.8 Å². The molecule has 0 spiro atoms. The Morgan fingerprint density at radius 2 is 2.25 bits per heavy atom. The van der Waals surface area contributed by atoms with E-state index in [0.717, 1.165) is 13.1 Å². The molecule has 0 aliphatic carbocycles. The average Bonchev–Trinajstić information content (AvgIpc) is 2.35. The van der Waals surface area contributed by atoms with Crippen molar-refractivity contribution >= 4 is 10.0 Å². The van der Waals surface area contributed by atoms with Gasteiger partial charge in [0.05, 0.1) is 11.5 Å². The second-order valence-electron chi connectivity index (χ2n) is 5.04. The lowest BCUT2D eigenvalue weighted by atomic mass is 10.2. The largest absolute Gasteiger partial charge is 0.491 e. The molecule has 1 aromatic rings. The molecule has 0 radical (unpaired) electrons. The standard InChI is InChI=1S/C13H20N2O4S/c1-10-7-11(3-4-13(10)20(14,16)17)19-9-12-8-15(2)5-6-18-12/h3-4,7,12H,5-6,8-9H2,1-2H3,(H2,14,16,17). The fraction of sp³-hybridized carbons (Fsp3) is 0.538. The Morgan fingerprint density at radius 1 is 1.50 bits per heavy atom. The summed E-state index contributed by atoms with van der Waals surface area (Å²) < 4.78 is 33.9. The quantitative estimate of drug-likeness (QED) is 0.868. The fourth-order valence-electron chi connectivity index (χ4n) is 2.19. The highest BCUT2D eigenvalue weighted by Gasteiger charge is 2.18. The van der Waals surface area contributed by atoms with E-state index >= 15 is 0 Å². The van der Waals surface area contributed by atoms with Gasteiger partial charge in [-0.3, -0.25) is 0 Å². The Balaban J connectivity index is 1.99. The number of hydrogen-bond acceptors (Lipinski definition) is 5. The van der Waals surface area contributed by atoms with Gasteiger partial charge in [-0.25, -0.2) is 13.6 Å². The number of primary sulfonamides is 1. The fourth-order valence-corrected chi connectivity index (χ4v) is 2.95. The third kappa shape index (κ3) is 3.92. The van der Waals surface area contributed by atoms with Crippen molar-refractivity contribution in [1.29, 1.82) is 0 Å². The predicted octanol–water partition coefficient (Wildman–Crippen LogP) is 0.352. The molecule has 1 fully saturated rings. The number of nitrogens with zero attached hydrogens (tertiary/aromatic N) is 1. The maximum Gasteiger partial charge on any atom is 0.238 e. The summed E-state index contributed by atoms with van der Waals surface area (Å²) in [6.07, 6.45) is 0.0342. The number of benzene rings is 1. The topological polar surface area (TPSA) is 81.9 Å². The highest BCUT2D eigenvalue weighted by molar-refractivity contribution is 7.89. The molecule has 1 atom stereocenters. The first-order chi connectivity index (χ1) is 9.36. The SMILES string of the molecule is Cc1cc(OCC2CN(C)CCO2)ccc1S(N)(=O)=O. The van der Waals surface area contributed by atoms with E-state index in [1.807, 2.05) is 7.05 Å². The van der Waals surface area contributed by atoms with Crippen LogP contribution in [-0.2, 0) is 14.8 Å². The summed E-state index contributed by atoms with van der Waals surface area (Å²) >= 11 is 0. The minimum atomic E-state index is -3.68. The molecule has 7 heteroatoms. The molecule has 2 rings (SSSR count). The van der Waals surface area contributed by atoms with Crippen molar-refractivity contribution in [2.45, 2.75) is 17.9 Å². The first-order valence-corrected chi connectivity index (χ1v) is 7.97. The Morgan fingerprint density at radius 3 is 2.85 bits per heavy atom. The van der Waals surface area contributed by atoms with Crippen molar-refractivity contribution < 1.29 is 17.9 Å². The molecule has 0 bridgehead atoms. The molecule has 1 saturated heterocycles. The number of nitrogens with two attached hydrogens (primary N) is 1. The zero-order chi connectivity index (χ0) is 14.8. The molecule has 1 heterocycles. The zero-order valence-electron chi connectivity index (χ0n) is 11.7. The number of aryl methyl sites for hydroxylation is 1. The minimum Gasteiger partial charge on any atom is -0.491 e. The van der Waals surface area contributed by atoms with E-state index in [2.05, 4.69) is 4.90 Å². The Labute approximate surface area is 119 Å². The molecule has 1 aliphatic rings. The first-order valence-electron chi connectivity index (χ1n) is 6.42. The van der Waals surface area contributed by atoms with Crippen LogP contribution in [0.4, 0.5) is 0 Å². The highest BCUT2D eigenvalue weighted by atomic mass is 32.2. The van der Waals surface area contributed by atoms with Crippen molar-refractivity contribution in [2.75, 3.05) is 33.4 Å². The third-order valence-electron chi connectivity index (χ3n) is 3.23. The number of rotatable bonds is 4. The van der Waals surface area contributed by atoms with E-state index in [1.165, 1.54) is 6.07 Å². The van der Waals surface area contributed by atoms with Crippen LogP contribution in [0.2, 0.25) is 0 Å². The highest BCUT2D eigenvalue weighted by Crippen LogP contribution is 2.20. The van der Waals surface area contributed by atoms with Crippen molar-refractivity contribution in [3.05, 3.63) is 23.8 Å². The van der Waals surface area contributed by atoms with Gasteiger partial charge in [0.2, 0.25) is 10.0 Å². The van der Waals surface area contributed by atoms with Crippen LogP contribution in [0, 0.1) is 6.92 Å². The molecule has 1 aliphatic heterocycles. The smallest absolute Gasteiger partial charge is 0.238 e. The van der Waals surface area contributed by atoms with Crippen molar-refractivity contribution in [2.24, 2.45) is 5.14 Å². The van der Waals surface area contributed by atoms with Crippen LogP contribution >= 0.6 is 0 Å². The van der Waals surface area contributed by atoms with E-state index in [1.54, 1.807) is 19.1 Å². The van der Waals surface area contributed by atoms with Crippen LogP contribution in [0.3, 0.4) is 0 Å². The second-order valence-corrected chi connectivity index (χ2v) is 6.57. The van der Waals surface area contributed by atoms with Gasteiger partial charge in [0.25, 0.3) is 0 Å². The summed E-state index contributed by atoms with van der Waals surface area (Å²) in [4.78, 5) is 2.31. The van der Waals surface area contributed by atoms with E-state index in [-0.39, 0.29) is 11.0 Å². The van der Waals surface area contributed by atoms with Crippen LogP contribution in [0.15, 0.2) is 23.1 Å². The molecule has 112 valence electrons. The Hall–Kier alpha value is -1.15. The predicted molar refractivity (Wildman–Crippen MR) is 75.3 cm³/mol. The Kier molecular flexibility index (Phi) is 4.64. The number of ether oxygens (including phenoxy) is 2. The number of likely N-dealkylation sites (N-methyl/N-ethyl adjacent to an activating group) is 1. The molecular weight excluding hydrogens is 280 g/mol. The van der Waals surface area contributed by atoms with Crippen molar-refractivity contribution in [3.8, 4) is 5.75 Å². The van der Waals surface area contributed by atoms with E-state index in [4.69, 9.17) is 14.6 Å². The minimum absolute atomic E-state index is 0.0342. The molecular formula is C13H20N2O4S. The van der Waals surface area contributed by atoms with Crippen molar-refractivity contribution in [3.63, 3.8) is 0 Å². The maximum atomic E-state index is 11.3. The molecule has 1 aromatic carbocycles. The number of sulfonamides is 1. The van der Waals surface area contributed by atoms with Crippen molar-refractivity contribution in [1.82, 2.24) is 4.90 Å². The summed E-state index contributed by atoms with van der Waals surface area (Å²) in [5.41, 5.74) is 0.576. The normalized spacial score (nSPS) is 20.9. The van der Waals surface area contributed by atoms with Crippen LogP contribution < -0.4 is 9.88 Å². The van der Waals surface area contributed by atoms with E-state index in [9.17, 15) is 8.42 Å². The molecule has 6 nitrogen and oxygen atoms in total. The van der Waals surface area contributed by atoms with Gasteiger partial charge in [-0.1, -0.05) is 0 Å². The van der Waals surface area contributed by atoms with E-state index in [0.29, 0.717) is 24.5 Å². The summed E-state index contributed by atoms with van der Waals surface area (Å²) in [7, 11) is -1.64. The number of hydrogen-bond donors (Lipinski definition) is 1. The Bertz CT molecular complexity index is 574. The first kappa shape index (κ1) is 15.2. The summed E-state index contributed by atoms with van der Waals surface area (Å²) in [6, 6.07) is 4.75. The third-order valence-corrected chi connectivity index (χ3v) is 4.30. The molecule has 0 saturated carbocycles. The van der Waals surface area contributed by atoms with Gasteiger partial charge < -0.3 is 14.4 Å². The van der Waals surface area contributed by atoms with Gasteiger partial charge in [-0.15, -0.1) is 0 Å². The molecule has 0 aromatic heterocycles. The monoisotopic (exact) mass is 300 g/mol. The van der Waals surface area contributed by atoms with Gasteiger partial charge in [-0.2, -0.15) is 0 Å². The van der Waals surface area contributed by atoms with Gasteiger partial charge in [0.15, 0.2) is 0 Å². The lowest BCUT2D eigenvalue weighted by Gasteiger charge is -2.29. The van der Waals surface area contributed by atoms with Gasteiger partial charge in [0, 0.05) is 13.1 Å². The van der Waals surface area contributed by atoms with Crippen LogP contribution in [0.5, 0.6) is 5.75 Å². The van der Waals surface area contributed by atoms with Crippen LogP contribution in [0.1, 0.15) is 5.56 Å². The number of morpholine rings is 1.